The zero-order chi connectivity index (χ0) is 18.1. The van der Waals surface area contributed by atoms with Gasteiger partial charge in [0.25, 0.3) is 0 Å². The molecular weight excluding hydrogens is 347 g/mol. The Bertz CT molecular complexity index is 604. The lowest BCUT2D eigenvalue weighted by molar-refractivity contribution is -0.395. The quantitative estimate of drug-likeness (QED) is 0.250. The summed E-state index contributed by atoms with van der Waals surface area (Å²) in [5.41, 5.74) is 0. The number of esters is 1. The lowest BCUT2D eigenvalue weighted by Gasteiger charge is -2.38. The van der Waals surface area contributed by atoms with Crippen LogP contribution in [0.4, 0.5) is 22.0 Å². The van der Waals surface area contributed by atoms with E-state index in [1.807, 2.05) is 0 Å². The zero-order valence-electron chi connectivity index (χ0n) is 13.5. The highest BCUT2D eigenvalue weighted by Gasteiger charge is 2.68. The van der Waals surface area contributed by atoms with E-state index in [0.717, 1.165) is 12.8 Å². The lowest BCUT2D eigenvalue weighted by atomic mass is 9.69. The molecule has 4 aliphatic carbocycles. The molecule has 0 heterocycles. The standard InChI is InChI=1S/C17H19F5O3/c1-24-16(15(18)19,17(20,21)22)25-14(23)11-6-9-5-10(11)13-8-3-2-7(4-8)12(9)13/h2-3,7-13,15H,4-6H2,1H3. The number of fused-ring (bicyclic) bond motifs is 9. The number of hydrogen-bond donors (Lipinski definition) is 0. The Morgan fingerprint density at radius 2 is 1.72 bits per heavy atom. The Labute approximate surface area is 141 Å². The van der Waals surface area contributed by atoms with Gasteiger partial charge < -0.3 is 9.47 Å². The van der Waals surface area contributed by atoms with Gasteiger partial charge >= 0.3 is 24.4 Å². The maximum absolute atomic E-state index is 13.1. The first kappa shape index (κ1) is 17.2. The molecule has 140 valence electrons. The van der Waals surface area contributed by atoms with Gasteiger partial charge in [-0.05, 0) is 54.8 Å². The van der Waals surface area contributed by atoms with Gasteiger partial charge in [0.2, 0.25) is 0 Å². The number of carbonyl (C=O) groups is 1. The zero-order valence-corrected chi connectivity index (χ0v) is 13.5. The predicted octanol–water partition coefficient (Wildman–Crippen LogP) is 3.79. The molecule has 0 N–H and O–H groups in total. The van der Waals surface area contributed by atoms with Crippen molar-refractivity contribution in [1.82, 2.24) is 0 Å². The van der Waals surface area contributed by atoms with E-state index in [4.69, 9.17) is 0 Å². The summed E-state index contributed by atoms with van der Waals surface area (Å²) in [6, 6.07) is 0. The Hall–Kier alpha value is -1.18. The first-order valence-electron chi connectivity index (χ1n) is 8.50. The van der Waals surface area contributed by atoms with Crippen molar-refractivity contribution in [2.24, 2.45) is 41.4 Å². The van der Waals surface area contributed by atoms with Gasteiger partial charge in [-0.15, -0.1) is 0 Å². The number of ether oxygens (including phenoxy) is 2. The van der Waals surface area contributed by atoms with Crippen LogP contribution in [0.3, 0.4) is 0 Å². The number of carbonyl (C=O) groups excluding carboxylic acids is 1. The molecule has 25 heavy (non-hydrogen) atoms. The molecule has 0 amide bonds. The molecular formula is C17H19F5O3. The van der Waals surface area contributed by atoms with Crippen LogP contribution in [0, 0.1) is 41.4 Å². The van der Waals surface area contributed by atoms with E-state index in [9.17, 15) is 26.7 Å². The van der Waals surface area contributed by atoms with E-state index < -0.39 is 30.3 Å². The molecule has 3 fully saturated rings. The molecule has 4 rings (SSSR count). The molecule has 0 radical (unpaired) electrons. The minimum absolute atomic E-state index is 0.0806. The van der Waals surface area contributed by atoms with Gasteiger partial charge in [-0.1, -0.05) is 12.2 Å². The first-order valence-corrected chi connectivity index (χ1v) is 8.50. The normalized spacial score (nSPS) is 43.6. The highest BCUT2D eigenvalue weighted by Crippen LogP contribution is 2.67. The summed E-state index contributed by atoms with van der Waals surface area (Å²) in [4.78, 5) is 12.4. The van der Waals surface area contributed by atoms with Gasteiger partial charge in [0.05, 0.1) is 5.92 Å². The van der Waals surface area contributed by atoms with Crippen LogP contribution in [0.5, 0.6) is 0 Å². The van der Waals surface area contributed by atoms with Crippen molar-refractivity contribution in [2.45, 2.75) is 37.7 Å². The van der Waals surface area contributed by atoms with Crippen molar-refractivity contribution >= 4 is 5.97 Å². The van der Waals surface area contributed by atoms with Crippen molar-refractivity contribution in [1.29, 1.82) is 0 Å². The summed E-state index contributed by atoms with van der Waals surface area (Å²) in [7, 11) is 0.477. The van der Waals surface area contributed by atoms with Crippen molar-refractivity contribution < 1.29 is 36.2 Å². The van der Waals surface area contributed by atoms with Crippen LogP contribution in [0.2, 0.25) is 0 Å². The van der Waals surface area contributed by atoms with E-state index in [-0.39, 0.29) is 17.8 Å². The van der Waals surface area contributed by atoms with Crippen LogP contribution in [0.25, 0.3) is 0 Å². The maximum Gasteiger partial charge on any atom is 0.461 e. The molecule has 4 bridgehead atoms. The summed E-state index contributed by atoms with van der Waals surface area (Å²) < 4.78 is 73.8. The summed E-state index contributed by atoms with van der Waals surface area (Å²) in [5, 5.41) is 0. The number of hydrogen-bond acceptors (Lipinski definition) is 3. The fraction of sp³-hybridized carbons (Fsp3) is 0.824. The van der Waals surface area contributed by atoms with E-state index >= 15 is 0 Å². The summed E-state index contributed by atoms with van der Waals surface area (Å²) in [6.07, 6.45) is -2.97. The van der Waals surface area contributed by atoms with Crippen LogP contribution in [0.1, 0.15) is 19.3 Å². The van der Waals surface area contributed by atoms with Crippen molar-refractivity contribution in [3.63, 3.8) is 0 Å². The molecule has 0 aromatic rings. The van der Waals surface area contributed by atoms with E-state index in [0.29, 0.717) is 31.3 Å². The highest BCUT2D eigenvalue weighted by atomic mass is 19.4. The van der Waals surface area contributed by atoms with Gasteiger partial charge in [0, 0.05) is 7.11 Å². The Morgan fingerprint density at radius 1 is 1.08 bits per heavy atom. The van der Waals surface area contributed by atoms with E-state index in [2.05, 4.69) is 21.6 Å². The highest BCUT2D eigenvalue weighted by molar-refractivity contribution is 5.74. The van der Waals surface area contributed by atoms with Crippen molar-refractivity contribution in [2.75, 3.05) is 7.11 Å². The van der Waals surface area contributed by atoms with E-state index in [1.165, 1.54) is 0 Å². The molecule has 3 nitrogen and oxygen atoms in total. The Morgan fingerprint density at radius 3 is 2.28 bits per heavy atom. The van der Waals surface area contributed by atoms with Crippen LogP contribution in [-0.2, 0) is 14.3 Å². The average molecular weight is 366 g/mol. The van der Waals surface area contributed by atoms with Gasteiger partial charge in [-0.3, -0.25) is 4.79 Å². The Kier molecular flexibility index (Phi) is 3.73. The van der Waals surface area contributed by atoms with Gasteiger partial charge in [0.15, 0.2) is 0 Å². The number of allylic oxidation sites excluding steroid dienone is 2. The van der Waals surface area contributed by atoms with Crippen LogP contribution >= 0.6 is 0 Å². The topological polar surface area (TPSA) is 35.5 Å². The molecule has 3 saturated carbocycles. The predicted molar refractivity (Wildman–Crippen MR) is 75.3 cm³/mol. The number of methoxy groups -OCH3 is 1. The maximum atomic E-state index is 13.1. The molecule has 0 saturated heterocycles. The Balaban J connectivity index is 1.54. The third kappa shape index (κ3) is 2.22. The van der Waals surface area contributed by atoms with Crippen LogP contribution in [0.15, 0.2) is 12.2 Å². The third-order valence-electron chi connectivity index (χ3n) is 6.81. The fourth-order valence-corrected chi connectivity index (χ4v) is 5.98. The SMILES string of the molecule is COC(OC(=O)C1CC2CC1C1C3C=CC(C3)C21)(C(F)F)C(F)(F)F. The molecule has 4 aliphatic rings. The molecule has 0 aromatic heterocycles. The largest absolute Gasteiger partial charge is 0.461 e. The molecule has 8 atom stereocenters. The van der Waals surface area contributed by atoms with E-state index in [1.54, 1.807) is 0 Å². The molecule has 8 heteroatoms. The molecule has 0 aromatic carbocycles. The summed E-state index contributed by atoms with van der Waals surface area (Å²) >= 11 is 0. The minimum atomic E-state index is -5.51. The number of halogens is 5. The third-order valence-corrected chi connectivity index (χ3v) is 6.81. The summed E-state index contributed by atoms with van der Waals surface area (Å²) in [5.74, 6) is -4.38. The lowest BCUT2D eigenvalue weighted by Crippen LogP contribution is -2.57. The average Bonchev–Trinajstić information content (AvgIpc) is 3.28. The molecule has 0 aliphatic heterocycles. The first-order chi connectivity index (χ1) is 11.7. The number of alkyl halides is 5. The van der Waals surface area contributed by atoms with Gasteiger partial charge in [0.1, 0.15) is 0 Å². The fourth-order valence-electron chi connectivity index (χ4n) is 5.98. The second-order valence-electron chi connectivity index (χ2n) is 7.70. The van der Waals surface area contributed by atoms with Gasteiger partial charge in [-0.2, -0.15) is 13.2 Å². The van der Waals surface area contributed by atoms with Crippen molar-refractivity contribution in [3.8, 4) is 0 Å². The van der Waals surface area contributed by atoms with Crippen molar-refractivity contribution in [3.05, 3.63) is 12.2 Å². The van der Waals surface area contributed by atoms with Crippen LogP contribution in [-0.4, -0.2) is 31.5 Å². The number of rotatable bonds is 4. The van der Waals surface area contributed by atoms with Gasteiger partial charge in [-0.25, -0.2) is 8.78 Å². The summed E-state index contributed by atoms with van der Waals surface area (Å²) in [6.45, 7) is 0. The molecule has 8 unspecified atom stereocenters. The molecule has 0 spiro atoms. The second-order valence-corrected chi connectivity index (χ2v) is 7.70. The monoisotopic (exact) mass is 366 g/mol. The smallest absolute Gasteiger partial charge is 0.418 e. The van der Waals surface area contributed by atoms with Crippen LogP contribution < -0.4 is 0 Å². The second kappa shape index (κ2) is 5.41. The minimum Gasteiger partial charge on any atom is -0.418 e.